The first-order valence-corrected chi connectivity index (χ1v) is 17.4. The summed E-state index contributed by atoms with van der Waals surface area (Å²) >= 11 is 3.93. The molecule has 4 heterocycles. The zero-order chi connectivity index (χ0) is 36.3. The van der Waals surface area contributed by atoms with Crippen LogP contribution in [0, 0.1) is 11.6 Å². The van der Waals surface area contributed by atoms with Crippen molar-refractivity contribution in [3.63, 3.8) is 0 Å². The van der Waals surface area contributed by atoms with Crippen LogP contribution >= 0.6 is 27.7 Å². The lowest BCUT2D eigenvalue weighted by Crippen LogP contribution is -2.59. The minimum Gasteiger partial charge on any atom is -0.457 e. The molecule has 2 aliphatic rings. The highest BCUT2D eigenvalue weighted by Crippen LogP contribution is 2.49. The number of piperazine rings is 1. The summed E-state index contributed by atoms with van der Waals surface area (Å²) in [5.74, 6) is -2.21. The van der Waals surface area contributed by atoms with Crippen LogP contribution < -0.4 is 15.3 Å². The van der Waals surface area contributed by atoms with Gasteiger partial charge in [-0.2, -0.15) is 18.2 Å². The van der Waals surface area contributed by atoms with E-state index in [4.69, 9.17) is 9.47 Å². The molecule has 10 nitrogen and oxygen atoms in total. The summed E-state index contributed by atoms with van der Waals surface area (Å²) in [5.41, 5.74) is -3.70. The number of alkyl halides is 3. The van der Waals surface area contributed by atoms with Gasteiger partial charge in [0, 0.05) is 58.7 Å². The molecule has 0 bridgehead atoms. The Hall–Kier alpha value is -3.99. The third-order valence-electron chi connectivity index (χ3n) is 8.22. The van der Waals surface area contributed by atoms with Crippen molar-refractivity contribution >= 4 is 50.5 Å². The highest BCUT2D eigenvalue weighted by molar-refractivity contribution is 9.10. The van der Waals surface area contributed by atoms with E-state index in [1.165, 1.54) is 17.0 Å². The number of nitrogens with zero attached hydrogens (tertiary/aromatic N) is 6. The van der Waals surface area contributed by atoms with Crippen molar-refractivity contribution in [3.8, 4) is 17.1 Å². The molecule has 0 aliphatic carbocycles. The van der Waals surface area contributed by atoms with Gasteiger partial charge in [-0.3, -0.25) is 9.47 Å². The fourth-order valence-electron chi connectivity index (χ4n) is 6.32. The molecule has 1 amide bonds. The lowest BCUT2D eigenvalue weighted by atomic mass is 9.95. The summed E-state index contributed by atoms with van der Waals surface area (Å²) in [6, 6.07) is 2.94. The van der Waals surface area contributed by atoms with Crippen molar-refractivity contribution in [1.29, 1.82) is 0 Å². The molecule has 0 unspecified atom stereocenters. The molecule has 1 fully saturated rings. The van der Waals surface area contributed by atoms with Crippen molar-refractivity contribution < 1.29 is 36.2 Å². The summed E-state index contributed by atoms with van der Waals surface area (Å²) in [6.45, 7) is 8.88. The van der Waals surface area contributed by atoms with Gasteiger partial charge in [0.1, 0.15) is 29.2 Å². The highest BCUT2D eigenvalue weighted by Gasteiger charge is 2.41. The first-order chi connectivity index (χ1) is 23.4. The lowest BCUT2D eigenvalue weighted by Gasteiger charge is -2.45. The molecule has 2 aromatic heterocycles. The average Bonchev–Trinajstić information content (AvgIpc) is 3.20. The summed E-state index contributed by atoms with van der Waals surface area (Å²) in [6.07, 6.45) is -3.46. The second-order valence-electron chi connectivity index (χ2n) is 13.2. The number of thioether (sulfide) groups is 1. The highest BCUT2D eigenvalue weighted by atomic mass is 79.9. The molecule has 6 rings (SSSR count). The Kier molecular flexibility index (Phi) is 9.52. The molecule has 50 heavy (non-hydrogen) atoms. The number of hydrogen-bond acceptors (Lipinski definition) is 9. The van der Waals surface area contributed by atoms with Gasteiger partial charge in [0.25, 0.3) is 0 Å². The monoisotopic (exact) mass is 782 g/mol. The zero-order valence-electron chi connectivity index (χ0n) is 27.5. The number of carbonyl (C=O) groups excluding carboxylic acids is 1. The Balaban J connectivity index is 1.57. The molecule has 4 aromatic rings. The Morgan fingerprint density at radius 1 is 1.00 bits per heavy atom. The van der Waals surface area contributed by atoms with E-state index in [2.05, 4.69) is 30.9 Å². The molecule has 0 spiro atoms. The number of aromatic nitrogens is 4. The SMILES string of the molecule is C[C@@H]1CN(c2nc(=O)n3c4c(c(-c5cc(Br)c(F)cc5F)c(C(F)(F)F)cc24)SC[C@@H](Oc2ncccn2)C3)C[C@H](C)N1C(=O)OC(C)(C)C. The topological polar surface area (TPSA) is 103 Å². The van der Waals surface area contributed by atoms with Crippen molar-refractivity contribution in [3.05, 3.63) is 68.8 Å². The third-order valence-corrected chi connectivity index (χ3v) is 10.1. The number of ether oxygens (including phenoxy) is 2. The van der Waals surface area contributed by atoms with Gasteiger partial charge < -0.3 is 14.4 Å². The van der Waals surface area contributed by atoms with Crippen LogP contribution in [0.3, 0.4) is 0 Å². The Bertz CT molecular complexity index is 2020. The van der Waals surface area contributed by atoms with Crippen molar-refractivity contribution in [2.45, 2.75) is 76.0 Å². The van der Waals surface area contributed by atoms with E-state index < -0.39 is 70.1 Å². The standard InChI is InChI=1S/C33H32BrF5N6O4S/c1-16-12-43(13-17(2)45(16)31(47)49-32(3,4)5)28-20-9-21(33(37,38)39)25(19-10-22(34)24(36)11-23(19)35)27-26(20)44(30(46)42-28)14-18(15-50-27)48-29-40-7-6-8-41-29/h6-11,16-18H,12-15H2,1-5H3/t16-,17+,18-/m0/s1. The lowest BCUT2D eigenvalue weighted by molar-refractivity contribution is -0.137. The molecule has 266 valence electrons. The van der Waals surface area contributed by atoms with Gasteiger partial charge in [-0.15, -0.1) is 11.8 Å². The third kappa shape index (κ3) is 6.98. The van der Waals surface area contributed by atoms with Crippen LogP contribution in [0.2, 0.25) is 0 Å². The number of anilines is 1. The number of halogens is 6. The number of rotatable bonds is 4. The number of carbonyl (C=O) groups is 1. The fraction of sp³-hybridized carbons (Fsp3) is 0.424. The summed E-state index contributed by atoms with van der Waals surface area (Å²) in [7, 11) is 0. The number of hydrogen-bond donors (Lipinski definition) is 0. The van der Waals surface area contributed by atoms with Crippen LogP contribution in [0.1, 0.15) is 40.2 Å². The summed E-state index contributed by atoms with van der Waals surface area (Å²) < 4.78 is 87.7. The van der Waals surface area contributed by atoms with Gasteiger partial charge >= 0.3 is 24.0 Å². The Labute approximate surface area is 296 Å². The molecule has 0 N–H and O–H groups in total. The maximum Gasteiger partial charge on any atom is 0.417 e. The second-order valence-corrected chi connectivity index (χ2v) is 15.1. The quantitative estimate of drug-likeness (QED) is 0.156. The van der Waals surface area contributed by atoms with Crippen LogP contribution in [0.4, 0.5) is 32.6 Å². The Morgan fingerprint density at radius 2 is 1.66 bits per heavy atom. The van der Waals surface area contributed by atoms with E-state index in [0.717, 1.165) is 23.9 Å². The predicted octanol–water partition coefficient (Wildman–Crippen LogP) is 7.30. The first kappa shape index (κ1) is 35.8. The molecular weight excluding hydrogens is 751 g/mol. The normalized spacial score (nSPS) is 19.8. The largest absolute Gasteiger partial charge is 0.457 e. The van der Waals surface area contributed by atoms with Crippen molar-refractivity contribution in [1.82, 2.24) is 24.4 Å². The molecule has 0 radical (unpaired) electrons. The van der Waals surface area contributed by atoms with Crippen LogP contribution in [0.25, 0.3) is 22.0 Å². The molecule has 17 heteroatoms. The minimum atomic E-state index is -5.01. The predicted molar refractivity (Wildman–Crippen MR) is 180 cm³/mol. The minimum absolute atomic E-state index is 0.00604. The Morgan fingerprint density at radius 3 is 2.28 bits per heavy atom. The second kappa shape index (κ2) is 13.3. The van der Waals surface area contributed by atoms with Gasteiger partial charge in [-0.1, -0.05) is 0 Å². The van der Waals surface area contributed by atoms with Gasteiger partial charge in [0.15, 0.2) is 0 Å². The molecule has 0 saturated carbocycles. The summed E-state index contributed by atoms with van der Waals surface area (Å²) in [5, 5.41) is -0.00788. The van der Waals surface area contributed by atoms with E-state index in [0.29, 0.717) is 6.07 Å². The molecule has 3 atom stereocenters. The number of benzene rings is 2. The van der Waals surface area contributed by atoms with Gasteiger partial charge in [-0.25, -0.2) is 28.3 Å². The smallest absolute Gasteiger partial charge is 0.417 e. The van der Waals surface area contributed by atoms with E-state index in [1.54, 1.807) is 50.5 Å². The average molecular weight is 784 g/mol. The maximum absolute atomic E-state index is 15.5. The van der Waals surface area contributed by atoms with Gasteiger partial charge in [-0.05, 0) is 68.7 Å². The molecular formula is C33H32BrF5N6O4S. The molecule has 2 aromatic carbocycles. The van der Waals surface area contributed by atoms with E-state index in [-0.39, 0.29) is 57.5 Å². The van der Waals surface area contributed by atoms with Crippen LogP contribution in [0.15, 0.2) is 50.8 Å². The molecule has 2 aliphatic heterocycles. The van der Waals surface area contributed by atoms with Crippen molar-refractivity contribution in [2.24, 2.45) is 0 Å². The van der Waals surface area contributed by atoms with Crippen molar-refractivity contribution in [2.75, 3.05) is 23.7 Å². The number of amides is 1. The maximum atomic E-state index is 15.5. The molecule has 1 saturated heterocycles. The fourth-order valence-corrected chi connectivity index (χ4v) is 7.91. The summed E-state index contributed by atoms with van der Waals surface area (Å²) in [4.78, 5) is 42.7. The first-order valence-electron chi connectivity index (χ1n) is 15.6. The van der Waals surface area contributed by atoms with E-state index in [1.807, 2.05) is 0 Å². The van der Waals surface area contributed by atoms with Gasteiger partial charge in [0.2, 0.25) is 0 Å². The van der Waals surface area contributed by atoms with E-state index in [9.17, 15) is 14.0 Å². The van der Waals surface area contributed by atoms with Gasteiger partial charge in [0.05, 0.1) is 34.2 Å². The van der Waals surface area contributed by atoms with Crippen LogP contribution in [-0.4, -0.2) is 73.1 Å². The van der Waals surface area contributed by atoms with Crippen LogP contribution in [-0.2, 0) is 17.5 Å². The zero-order valence-corrected chi connectivity index (χ0v) is 29.9. The van der Waals surface area contributed by atoms with Crippen LogP contribution in [0.5, 0.6) is 6.01 Å². The van der Waals surface area contributed by atoms with E-state index >= 15 is 17.6 Å².